The molecule has 0 heterocycles. The Labute approximate surface area is 142 Å². The molecular formula is C18H14FNO5. The Morgan fingerprint density at radius 2 is 1.80 bits per heavy atom. The molecule has 0 fully saturated rings. The predicted molar refractivity (Wildman–Crippen MR) is 87.1 cm³/mol. The fourth-order valence-corrected chi connectivity index (χ4v) is 2.01. The molecule has 25 heavy (non-hydrogen) atoms. The number of anilines is 1. The normalized spacial score (nSPS) is 10.0. The van der Waals surface area contributed by atoms with Gasteiger partial charge in [0, 0.05) is 18.2 Å². The molecule has 0 unspecified atom stereocenters. The maximum atomic E-state index is 13.9. The maximum Gasteiger partial charge on any atom is 0.338 e. The molecule has 6 nitrogen and oxygen atoms in total. The van der Waals surface area contributed by atoms with Crippen molar-refractivity contribution in [3.05, 3.63) is 65.0 Å². The molecule has 0 saturated carbocycles. The molecule has 0 aliphatic carbocycles. The number of aldehydes is 1. The number of carbonyl (C=O) groups excluding carboxylic acids is 4. The van der Waals surface area contributed by atoms with Gasteiger partial charge in [0.15, 0.2) is 6.61 Å². The number of esters is 1. The van der Waals surface area contributed by atoms with Crippen LogP contribution >= 0.6 is 0 Å². The molecule has 2 aromatic rings. The molecule has 0 bridgehead atoms. The minimum Gasteiger partial charge on any atom is -0.454 e. The standard InChI is InChI=1S/C18H14FNO5/c1-11(22)20-14-6-7-15(16(19)8-14)17(23)10-25-18(24)13-4-2-12(9-21)3-5-13/h2-9H,10H2,1H3,(H,20,22). The van der Waals surface area contributed by atoms with E-state index in [0.29, 0.717) is 11.8 Å². The second-order valence-electron chi connectivity index (χ2n) is 5.11. The largest absolute Gasteiger partial charge is 0.454 e. The summed E-state index contributed by atoms with van der Waals surface area (Å²) in [5.74, 6) is -2.68. The summed E-state index contributed by atoms with van der Waals surface area (Å²) < 4.78 is 18.8. The monoisotopic (exact) mass is 343 g/mol. The lowest BCUT2D eigenvalue weighted by molar-refractivity contribution is -0.114. The van der Waals surface area contributed by atoms with Crippen LogP contribution in [0.15, 0.2) is 42.5 Å². The first kappa shape index (κ1) is 18.0. The quantitative estimate of drug-likeness (QED) is 0.495. The van der Waals surface area contributed by atoms with Crippen LogP contribution in [0.1, 0.15) is 38.0 Å². The minimum absolute atomic E-state index is 0.167. The second kappa shape index (κ2) is 7.96. The van der Waals surface area contributed by atoms with Crippen molar-refractivity contribution < 1.29 is 28.3 Å². The number of rotatable bonds is 6. The second-order valence-corrected chi connectivity index (χ2v) is 5.11. The number of halogens is 1. The minimum atomic E-state index is -0.831. The molecular weight excluding hydrogens is 329 g/mol. The first-order chi connectivity index (χ1) is 11.9. The number of Topliss-reactive ketones (excluding diaryl/α,β-unsaturated/α-hetero) is 1. The van der Waals surface area contributed by atoms with Gasteiger partial charge in [0.05, 0.1) is 11.1 Å². The summed E-state index contributed by atoms with van der Waals surface area (Å²) in [7, 11) is 0. The Bertz CT molecular complexity index is 830. The van der Waals surface area contributed by atoms with Gasteiger partial charge in [-0.05, 0) is 30.3 Å². The van der Waals surface area contributed by atoms with Gasteiger partial charge in [-0.25, -0.2) is 9.18 Å². The van der Waals surface area contributed by atoms with E-state index < -0.39 is 24.2 Å². The number of ketones is 1. The lowest BCUT2D eigenvalue weighted by atomic mass is 10.1. The molecule has 0 aliphatic rings. The average molecular weight is 343 g/mol. The zero-order chi connectivity index (χ0) is 18.4. The van der Waals surface area contributed by atoms with Crippen LogP contribution in [0.5, 0.6) is 0 Å². The lowest BCUT2D eigenvalue weighted by Gasteiger charge is -2.07. The van der Waals surface area contributed by atoms with E-state index in [2.05, 4.69) is 5.32 Å². The van der Waals surface area contributed by atoms with Crippen LogP contribution in [0.2, 0.25) is 0 Å². The zero-order valence-electron chi connectivity index (χ0n) is 13.2. The van der Waals surface area contributed by atoms with E-state index in [-0.39, 0.29) is 22.7 Å². The van der Waals surface area contributed by atoms with Crippen LogP contribution in [0.25, 0.3) is 0 Å². The summed E-state index contributed by atoms with van der Waals surface area (Å²) in [5, 5.41) is 2.39. The molecule has 0 aliphatic heterocycles. The molecule has 2 rings (SSSR count). The summed E-state index contributed by atoms with van der Waals surface area (Å²) in [5.41, 5.74) is 0.529. The fraction of sp³-hybridized carbons (Fsp3) is 0.111. The van der Waals surface area contributed by atoms with E-state index >= 15 is 0 Å². The van der Waals surface area contributed by atoms with Gasteiger partial charge in [0.1, 0.15) is 12.1 Å². The van der Waals surface area contributed by atoms with E-state index in [4.69, 9.17) is 4.74 Å². The van der Waals surface area contributed by atoms with Crippen LogP contribution in [0.3, 0.4) is 0 Å². The lowest BCUT2D eigenvalue weighted by Crippen LogP contribution is -2.16. The topological polar surface area (TPSA) is 89.5 Å². The zero-order valence-corrected chi connectivity index (χ0v) is 13.2. The highest BCUT2D eigenvalue weighted by Gasteiger charge is 2.16. The van der Waals surface area contributed by atoms with Crippen LogP contribution < -0.4 is 5.32 Å². The SMILES string of the molecule is CC(=O)Nc1ccc(C(=O)COC(=O)c2ccc(C=O)cc2)c(F)c1. The third kappa shape index (κ3) is 4.81. The van der Waals surface area contributed by atoms with Crippen molar-refractivity contribution in [2.45, 2.75) is 6.92 Å². The fourth-order valence-electron chi connectivity index (χ4n) is 2.01. The van der Waals surface area contributed by atoms with Gasteiger partial charge in [-0.15, -0.1) is 0 Å². The summed E-state index contributed by atoms with van der Waals surface area (Å²) in [6, 6.07) is 9.23. The third-order valence-electron chi connectivity index (χ3n) is 3.21. The molecule has 7 heteroatoms. The number of nitrogens with one attached hydrogen (secondary N) is 1. The van der Waals surface area contributed by atoms with E-state index in [9.17, 15) is 23.6 Å². The Morgan fingerprint density at radius 3 is 2.36 bits per heavy atom. The van der Waals surface area contributed by atoms with Gasteiger partial charge >= 0.3 is 5.97 Å². The van der Waals surface area contributed by atoms with Gasteiger partial charge < -0.3 is 10.1 Å². The van der Waals surface area contributed by atoms with Gasteiger partial charge in [0.2, 0.25) is 11.7 Å². The number of amides is 1. The molecule has 0 radical (unpaired) electrons. The number of ether oxygens (including phenoxy) is 1. The van der Waals surface area contributed by atoms with Gasteiger partial charge in [0.25, 0.3) is 0 Å². The first-order valence-corrected chi connectivity index (χ1v) is 7.23. The van der Waals surface area contributed by atoms with Crippen molar-refractivity contribution in [2.24, 2.45) is 0 Å². The molecule has 0 aromatic heterocycles. The van der Waals surface area contributed by atoms with Gasteiger partial charge in [-0.1, -0.05) is 12.1 Å². The van der Waals surface area contributed by atoms with Crippen LogP contribution in [0.4, 0.5) is 10.1 Å². The maximum absolute atomic E-state index is 13.9. The average Bonchev–Trinajstić information content (AvgIpc) is 2.59. The van der Waals surface area contributed by atoms with E-state index in [0.717, 1.165) is 6.07 Å². The van der Waals surface area contributed by atoms with Crippen LogP contribution in [-0.2, 0) is 9.53 Å². The van der Waals surface area contributed by atoms with E-state index in [1.807, 2.05) is 0 Å². The Morgan fingerprint density at radius 1 is 1.12 bits per heavy atom. The first-order valence-electron chi connectivity index (χ1n) is 7.23. The Balaban J connectivity index is 2.00. The molecule has 0 saturated heterocycles. The van der Waals surface area contributed by atoms with Crippen molar-refractivity contribution in [1.29, 1.82) is 0 Å². The molecule has 2 aromatic carbocycles. The van der Waals surface area contributed by atoms with Crippen molar-refractivity contribution in [2.75, 3.05) is 11.9 Å². The predicted octanol–water partition coefficient (Wildman–Crippen LogP) is 2.64. The molecule has 0 atom stereocenters. The van der Waals surface area contributed by atoms with Crippen LogP contribution in [-0.4, -0.2) is 30.6 Å². The number of hydrogen-bond donors (Lipinski definition) is 1. The number of hydrogen-bond acceptors (Lipinski definition) is 5. The van der Waals surface area contributed by atoms with Crippen molar-refractivity contribution in [3.8, 4) is 0 Å². The third-order valence-corrected chi connectivity index (χ3v) is 3.21. The van der Waals surface area contributed by atoms with Crippen molar-refractivity contribution >= 4 is 29.6 Å². The van der Waals surface area contributed by atoms with Gasteiger partial charge in [-0.2, -0.15) is 0 Å². The Hall–Kier alpha value is -3.35. The van der Waals surface area contributed by atoms with E-state index in [1.54, 1.807) is 0 Å². The molecule has 1 N–H and O–H groups in total. The Kier molecular flexibility index (Phi) is 5.73. The van der Waals surface area contributed by atoms with E-state index in [1.165, 1.54) is 43.3 Å². The van der Waals surface area contributed by atoms with Gasteiger partial charge in [-0.3, -0.25) is 14.4 Å². The summed E-state index contributed by atoms with van der Waals surface area (Å²) >= 11 is 0. The highest BCUT2D eigenvalue weighted by atomic mass is 19.1. The highest BCUT2D eigenvalue weighted by Crippen LogP contribution is 2.15. The van der Waals surface area contributed by atoms with Crippen molar-refractivity contribution in [1.82, 2.24) is 0 Å². The number of carbonyl (C=O) groups is 4. The summed E-state index contributed by atoms with van der Waals surface area (Å²) in [6.07, 6.45) is 0.631. The number of benzene rings is 2. The smallest absolute Gasteiger partial charge is 0.338 e. The summed E-state index contributed by atoms with van der Waals surface area (Å²) in [6.45, 7) is 0.642. The molecule has 1 amide bonds. The molecule has 128 valence electrons. The summed E-state index contributed by atoms with van der Waals surface area (Å²) in [4.78, 5) is 45.3. The van der Waals surface area contributed by atoms with Crippen molar-refractivity contribution in [3.63, 3.8) is 0 Å². The van der Waals surface area contributed by atoms with Crippen LogP contribution in [0, 0.1) is 5.82 Å². The molecule has 0 spiro atoms. The highest BCUT2D eigenvalue weighted by molar-refractivity contribution is 6.00.